The molecule has 1 saturated heterocycles. The molecule has 3 aromatic rings. The fourth-order valence-corrected chi connectivity index (χ4v) is 4.86. The molecule has 0 radical (unpaired) electrons. The van der Waals surface area contributed by atoms with Crippen LogP contribution < -0.4 is 15.0 Å². The van der Waals surface area contributed by atoms with E-state index in [9.17, 15) is 18.0 Å². The minimum atomic E-state index is -3.34. The van der Waals surface area contributed by atoms with E-state index in [2.05, 4.69) is 25.8 Å². The number of nitrogens with zero attached hydrogens (tertiary/aromatic N) is 1. The molecule has 0 atom stereocenters. The van der Waals surface area contributed by atoms with Gasteiger partial charge in [-0.2, -0.15) is 0 Å². The maximum atomic E-state index is 12.7. The summed E-state index contributed by atoms with van der Waals surface area (Å²) in [5.74, 6) is 0.919. The molecule has 1 fully saturated rings. The molecule has 0 bridgehead atoms. The van der Waals surface area contributed by atoms with Crippen LogP contribution in [-0.4, -0.2) is 49.8 Å². The molecule has 2 heterocycles. The monoisotopic (exact) mass is 524 g/mol. The van der Waals surface area contributed by atoms with E-state index in [1.165, 1.54) is 18.3 Å². The van der Waals surface area contributed by atoms with Crippen molar-refractivity contribution >= 4 is 15.9 Å². The Balaban J connectivity index is 1.39. The number of sulfone groups is 1. The van der Waals surface area contributed by atoms with Gasteiger partial charge in [-0.3, -0.25) is 4.79 Å². The molecule has 196 valence electrons. The van der Waals surface area contributed by atoms with Gasteiger partial charge in [0.15, 0.2) is 9.84 Å². The average Bonchev–Trinajstić information content (AvgIpc) is 2.84. The van der Waals surface area contributed by atoms with E-state index in [4.69, 9.17) is 9.47 Å². The number of amides is 1. The normalized spacial score (nSPS) is 14.9. The highest BCUT2D eigenvalue weighted by molar-refractivity contribution is 7.90. The Morgan fingerprint density at radius 3 is 2.16 bits per heavy atom. The number of carbonyl (C=O) groups is 1. The standard InChI is InChI=1S/C28H32N2O6S/c1-28(2,3)20-7-9-21(10-8-20)36-27(32)30-17-14-22(15-18-30)35-24-13-16-29-26(31)25(24)19-5-11-23(12-6-19)37(4,33)34/h5-13,16,22H,14-15,17-18H2,1-4H3,(H,29,31). The fourth-order valence-electron chi connectivity index (χ4n) is 4.22. The van der Waals surface area contributed by atoms with E-state index < -0.39 is 15.9 Å². The van der Waals surface area contributed by atoms with Gasteiger partial charge in [0.25, 0.3) is 5.56 Å². The SMILES string of the molecule is CC(C)(C)c1ccc(OC(=O)N2CCC(Oc3cc[nH]c(=O)c3-c3ccc(S(C)(=O)=O)cc3)CC2)cc1. The molecule has 0 spiro atoms. The molecule has 1 aromatic heterocycles. The molecule has 1 N–H and O–H groups in total. The van der Waals surface area contributed by atoms with Crippen molar-refractivity contribution in [1.29, 1.82) is 0 Å². The maximum Gasteiger partial charge on any atom is 0.415 e. The van der Waals surface area contributed by atoms with Gasteiger partial charge >= 0.3 is 6.09 Å². The van der Waals surface area contributed by atoms with E-state index >= 15 is 0 Å². The zero-order valence-corrected chi connectivity index (χ0v) is 22.3. The van der Waals surface area contributed by atoms with E-state index in [-0.39, 0.29) is 22.0 Å². The highest BCUT2D eigenvalue weighted by Crippen LogP contribution is 2.30. The van der Waals surface area contributed by atoms with Crippen LogP contribution in [0.25, 0.3) is 11.1 Å². The summed E-state index contributed by atoms with van der Waals surface area (Å²) in [6, 6.07) is 15.4. The lowest BCUT2D eigenvalue weighted by atomic mass is 9.87. The number of aromatic nitrogens is 1. The van der Waals surface area contributed by atoms with E-state index in [0.29, 0.717) is 48.6 Å². The molecule has 1 aliphatic rings. The molecule has 0 aliphatic carbocycles. The number of hydrogen-bond acceptors (Lipinski definition) is 6. The largest absolute Gasteiger partial charge is 0.489 e. The topological polar surface area (TPSA) is 106 Å². The highest BCUT2D eigenvalue weighted by atomic mass is 32.2. The lowest BCUT2D eigenvalue weighted by molar-refractivity contribution is 0.0932. The van der Waals surface area contributed by atoms with Crippen LogP contribution in [-0.2, 0) is 15.3 Å². The highest BCUT2D eigenvalue weighted by Gasteiger charge is 2.26. The van der Waals surface area contributed by atoms with Crippen LogP contribution >= 0.6 is 0 Å². The molecule has 9 heteroatoms. The lowest BCUT2D eigenvalue weighted by Crippen LogP contribution is -2.43. The summed E-state index contributed by atoms with van der Waals surface area (Å²) in [6.45, 7) is 7.31. The smallest absolute Gasteiger partial charge is 0.415 e. The van der Waals surface area contributed by atoms with Crippen LogP contribution in [0.5, 0.6) is 11.5 Å². The Kier molecular flexibility index (Phi) is 7.45. The number of rotatable bonds is 5. The van der Waals surface area contributed by atoms with Gasteiger partial charge < -0.3 is 19.4 Å². The number of H-pyrrole nitrogens is 1. The van der Waals surface area contributed by atoms with Gasteiger partial charge in [0.2, 0.25) is 0 Å². The Labute approximate surface area is 217 Å². The minimum Gasteiger partial charge on any atom is -0.489 e. The van der Waals surface area contributed by atoms with Gasteiger partial charge in [-0.1, -0.05) is 45.0 Å². The van der Waals surface area contributed by atoms with Gasteiger partial charge in [-0.05, 0) is 46.9 Å². The van der Waals surface area contributed by atoms with Crippen molar-refractivity contribution in [2.24, 2.45) is 0 Å². The molecular weight excluding hydrogens is 492 g/mol. The summed E-state index contributed by atoms with van der Waals surface area (Å²) in [6.07, 6.45) is 3.23. The number of carbonyl (C=O) groups excluding carboxylic acids is 1. The molecule has 1 amide bonds. The van der Waals surface area contributed by atoms with Crippen molar-refractivity contribution in [3.63, 3.8) is 0 Å². The third-order valence-corrected chi connectivity index (χ3v) is 7.54. The van der Waals surface area contributed by atoms with Crippen molar-refractivity contribution in [1.82, 2.24) is 9.88 Å². The predicted molar refractivity (Wildman–Crippen MR) is 142 cm³/mol. The Morgan fingerprint density at radius 1 is 0.973 bits per heavy atom. The van der Waals surface area contributed by atoms with Crippen LogP contribution in [0.3, 0.4) is 0 Å². The molecule has 8 nitrogen and oxygen atoms in total. The molecule has 37 heavy (non-hydrogen) atoms. The first-order valence-corrected chi connectivity index (χ1v) is 14.1. The molecular formula is C28H32N2O6S. The first-order chi connectivity index (χ1) is 17.4. The van der Waals surface area contributed by atoms with Gasteiger partial charge in [0.05, 0.1) is 10.5 Å². The summed E-state index contributed by atoms with van der Waals surface area (Å²) < 4.78 is 35.3. The third-order valence-electron chi connectivity index (χ3n) is 6.41. The average molecular weight is 525 g/mol. The minimum absolute atomic E-state index is 0.0214. The van der Waals surface area contributed by atoms with Crippen LogP contribution in [0, 0.1) is 0 Å². The zero-order valence-electron chi connectivity index (χ0n) is 21.5. The van der Waals surface area contributed by atoms with E-state index in [1.807, 2.05) is 24.3 Å². The Bertz CT molecular complexity index is 1410. The van der Waals surface area contributed by atoms with Gasteiger partial charge in [-0.25, -0.2) is 13.2 Å². The van der Waals surface area contributed by atoms with Crippen LogP contribution in [0.4, 0.5) is 4.79 Å². The molecule has 4 rings (SSSR count). The van der Waals surface area contributed by atoms with E-state index in [0.717, 1.165) is 11.8 Å². The predicted octanol–water partition coefficient (Wildman–Crippen LogP) is 4.79. The van der Waals surface area contributed by atoms with Crippen LogP contribution in [0.15, 0.2) is 70.5 Å². The first kappa shape index (κ1) is 26.5. The van der Waals surface area contributed by atoms with Gasteiger partial charge in [-0.15, -0.1) is 0 Å². The summed E-state index contributed by atoms with van der Waals surface area (Å²) in [7, 11) is -3.34. The molecule has 0 saturated carbocycles. The summed E-state index contributed by atoms with van der Waals surface area (Å²) in [4.78, 5) is 29.8. The second-order valence-corrected chi connectivity index (χ2v) is 12.3. The summed E-state index contributed by atoms with van der Waals surface area (Å²) in [5, 5.41) is 0. The van der Waals surface area contributed by atoms with Crippen LogP contribution in [0.2, 0.25) is 0 Å². The number of pyridine rings is 1. The number of ether oxygens (including phenoxy) is 2. The summed E-state index contributed by atoms with van der Waals surface area (Å²) >= 11 is 0. The lowest BCUT2D eigenvalue weighted by Gasteiger charge is -2.31. The third kappa shape index (κ3) is 6.40. The first-order valence-electron chi connectivity index (χ1n) is 12.2. The molecule has 2 aromatic carbocycles. The summed E-state index contributed by atoms with van der Waals surface area (Å²) in [5.41, 5.74) is 1.75. The number of piperidine rings is 1. The van der Waals surface area contributed by atoms with Crippen molar-refractivity contribution in [2.45, 2.75) is 50.0 Å². The van der Waals surface area contributed by atoms with Crippen molar-refractivity contribution in [3.05, 3.63) is 76.7 Å². The number of benzene rings is 2. The van der Waals surface area contributed by atoms with Crippen molar-refractivity contribution in [3.8, 4) is 22.6 Å². The van der Waals surface area contributed by atoms with Crippen LogP contribution in [0.1, 0.15) is 39.2 Å². The van der Waals surface area contributed by atoms with Crippen molar-refractivity contribution in [2.75, 3.05) is 19.3 Å². The Hall–Kier alpha value is -3.59. The second kappa shape index (κ2) is 10.4. The van der Waals surface area contributed by atoms with Gasteiger partial charge in [0.1, 0.15) is 17.6 Å². The quantitative estimate of drug-likeness (QED) is 0.515. The van der Waals surface area contributed by atoms with E-state index in [1.54, 1.807) is 23.1 Å². The fraction of sp³-hybridized carbons (Fsp3) is 0.357. The molecule has 0 unspecified atom stereocenters. The number of aromatic amines is 1. The number of hydrogen-bond donors (Lipinski definition) is 1. The molecule has 1 aliphatic heterocycles. The zero-order chi connectivity index (χ0) is 26.8. The Morgan fingerprint density at radius 2 is 1.59 bits per heavy atom. The maximum absolute atomic E-state index is 12.7. The van der Waals surface area contributed by atoms with Gasteiger partial charge in [0, 0.05) is 38.4 Å². The number of likely N-dealkylation sites (tertiary alicyclic amines) is 1. The number of nitrogens with one attached hydrogen (secondary N) is 1. The van der Waals surface area contributed by atoms with Crippen molar-refractivity contribution < 1.29 is 22.7 Å². The second-order valence-electron chi connectivity index (χ2n) is 10.3.